The van der Waals surface area contributed by atoms with Crippen LogP contribution in [-0.4, -0.2) is 40.7 Å². The van der Waals surface area contributed by atoms with Crippen molar-refractivity contribution in [3.63, 3.8) is 0 Å². The molecular formula is C15H18N4OS3. The summed E-state index contributed by atoms with van der Waals surface area (Å²) in [7, 11) is 1.81. The number of fused-ring (bicyclic) bond motifs is 1. The van der Waals surface area contributed by atoms with Crippen LogP contribution in [0.15, 0.2) is 33.5 Å². The van der Waals surface area contributed by atoms with Gasteiger partial charge in [-0.1, -0.05) is 42.2 Å². The van der Waals surface area contributed by atoms with Gasteiger partial charge in [0.2, 0.25) is 11.0 Å². The maximum absolute atomic E-state index is 12.7. The lowest BCUT2D eigenvalue weighted by Crippen LogP contribution is -2.33. The normalized spacial score (nSPS) is 17.5. The number of nitrogens with zero attached hydrogens (tertiary/aromatic N) is 3. The third-order valence-corrected chi connectivity index (χ3v) is 6.78. The van der Waals surface area contributed by atoms with Gasteiger partial charge in [-0.3, -0.25) is 4.79 Å². The Hall–Kier alpha value is -1.25. The Bertz CT molecular complexity index is 691. The molecule has 0 saturated heterocycles. The fourth-order valence-corrected chi connectivity index (χ4v) is 5.01. The average Bonchev–Trinajstić information content (AvgIpc) is 2.95. The van der Waals surface area contributed by atoms with E-state index in [1.54, 1.807) is 0 Å². The zero-order valence-electron chi connectivity index (χ0n) is 13.0. The van der Waals surface area contributed by atoms with Gasteiger partial charge in [-0.15, -0.1) is 22.0 Å². The standard InChI is InChI=1S/C15H18N4OS3/c1-10-7-8-19(11-5-3-4-6-12(11)22-10)13(20)9-21-15-18-17-14(16-2)23-15/h3-6,10H,7-9H2,1-2H3,(H,16,17)/t10-/m0/s1. The van der Waals surface area contributed by atoms with Crippen molar-refractivity contribution in [3.8, 4) is 0 Å². The molecule has 0 spiro atoms. The van der Waals surface area contributed by atoms with Gasteiger partial charge < -0.3 is 10.2 Å². The molecule has 1 amide bonds. The summed E-state index contributed by atoms with van der Waals surface area (Å²) in [5.41, 5.74) is 1.03. The highest BCUT2D eigenvalue weighted by atomic mass is 32.2. The minimum absolute atomic E-state index is 0.123. The van der Waals surface area contributed by atoms with Crippen LogP contribution in [0.25, 0.3) is 0 Å². The van der Waals surface area contributed by atoms with E-state index in [0.29, 0.717) is 11.0 Å². The van der Waals surface area contributed by atoms with Gasteiger partial charge in [0.15, 0.2) is 4.34 Å². The minimum Gasteiger partial charge on any atom is -0.363 e. The Morgan fingerprint density at radius 1 is 1.43 bits per heavy atom. The third-order valence-electron chi connectivity index (χ3n) is 3.48. The number of carbonyl (C=O) groups is 1. The molecule has 2 aromatic rings. The summed E-state index contributed by atoms with van der Waals surface area (Å²) in [4.78, 5) is 15.8. The maximum atomic E-state index is 12.7. The summed E-state index contributed by atoms with van der Waals surface area (Å²) in [6.45, 7) is 2.98. The topological polar surface area (TPSA) is 58.1 Å². The molecule has 122 valence electrons. The first-order chi connectivity index (χ1) is 11.2. The lowest BCUT2D eigenvalue weighted by molar-refractivity contribution is -0.116. The number of amides is 1. The van der Waals surface area contributed by atoms with Crippen molar-refractivity contribution in [1.82, 2.24) is 10.2 Å². The molecule has 0 aliphatic carbocycles. The Morgan fingerprint density at radius 3 is 3.04 bits per heavy atom. The molecule has 8 heteroatoms. The molecule has 1 atom stereocenters. The summed E-state index contributed by atoms with van der Waals surface area (Å²) in [5, 5.41) is 12.3. The summed E-state index contributed by atoms with van der Waals surface area (Å²) in [6.07, 6.45) is 0.998. The molecule has 0 radical (unpaired) electrons. The van der Waals surface area contributed by atoms with E-state index in [2.05, 4.69) is 28.5 Å². The Morgan fingerprint density at radius 2 is 2.26 bits per heavy atom. The molecule has 2 heterocycles. The van der Waals surface area contributed by atoms with Crippen molar-refractivity contribution in [2.45, 2.75) is 27.8 Å². The smallest absolute Gasteiger partial charge is 0.237 e. The fraction of sp³-hybridized carbons (Fsp3) is 0.400. The summed E-state index contributed by atoms with van der Waals surface area (Å²) in [6, 6.07) is 8.15. The van der Waals surface area contributed by atoms with Crippen LogP contribution in [0.3, 0.4) is 0 Å². The van der Waals surface area contributed by atoms with Crippen LogP contribution in [0.4, 0.5) is 10.8 Å². The van der Waals surface area contributed by atoms with Gasteiger partial charge in [0.25, 0.3) is 0 Å². The number of nitrogens with one attached hydrogen (secondary N) is 1. The van der Waals surface area contributed by atoms with E-state index in [1.807, 2.05) is 41.9 Å². The van der Waals surface area contributed by atoms with Crippen LogP contribution in [-0.2, 0) is 4.79 Å². The molecule has 0 fully saturated rings. The summed E-state index contributed by atoms with van der Waals surface area (Å²) in [5.74, 6) is 0.504. The highest BCUT2D eigenvalue weighted by Gasteiger charge is 2.24. The molecular weight excluding hydrogens is 348 g/mol. The van der Waals surface area contributed by atoms with Crippen LogP contribution in [0, 0.1) is 0 Å². The molecule has 1 aromatic carbocycles. The van der Waals surface area contributed by atoms with Crippen molar-refractivity contribution < 1.29 is 4.79 Å². The number of benzene rings is 1. The Balaban J connectivity index is 1.71. The monoisotopic (exact) mass is 366 g/mol. The fourth-order valence-electron chi connectivity index (χ4n) is 2.32. The highest BCUT2D eigenvalue weighted by molar-refractivity contribution is 8.01. The predicted molar refractivity (Wildman–Crippen MR) is 98.9 cm³/mol. The van der Waals surface area contributed by atoms with Gasteiger partial charge in [-0.2, -0.15) is 0 Å². The molecule has 5 nitrogen and oxygen atoms in total. The quantitative estimate of drug-likeness (QED) is 0.835. The van der Waals surface area contributed by atoms with E-state index in [-0.39, 0.29) is 5.91 Å². The lowest BCUT2D eigenvalue weighted by Gasteiger charge is -2.22. The summed E-state index contributed by atoms with van der Waals surface area (Å²) < 4.78 is 0.813. The number of anilines is 2. The van der Waals surface area contributed by atoms with Crippen molar-refractivity contribution in [2.75, 3.05) is 29.6 Å². The molecule has 1 aliphatic heterocycles. The van der Waals surface area contributed by atoms with Crippen LogP contribution in [0.2, 0.25) is 0 Å². The summed E-state index contributed by atoms with van der Waals surface area (Å²) >= 11 is 4.76. The number of hydrogen-bond acceptors (Lipinski definition) is 7. The van der Waals surface area contributed by atoms with Gasteiger partial charge in [-0.25, -0.2) is 0 Å². The molecule has 0 bridgehead atoms. The second-order valence-electron chi connectivity index (χ2n) is 5.14. The number of thioether (sulfide) groups is 2. The second kappa shape index (κ2) is 7.55. The number of para-hydroxylation sites is 1. The lowest BCUT2D eigenvalue weighted by atomic mass is 10.2. The van der Waals surface area contributed by atoms with E-state index in [0.717, 1.165) is 28.1 Å². The molecule has 3 rings (SSSR count). The van der Waals surface area contributed by atoms with E-state index in [9.17, 15) is 4.79 Å². The van der Waals surface area contributed by atoms with E-state index >= 15 is 0 Å². The molecule has 0 saturated carbocycles. The minimum atomic E-state index is 0.123. The first-order valence-corrected chi connectivity index (χ1v) is 10.1. The number of hydrogen-bond donors (Lipinski definition) is 1. The number of aromatic nitrogens is 2. The molecule has 0 unspecified atom stereocenters. The van der Waals surface area contributed by atoms with Crippen molar-refractivity contribution in [1.29, 1.82) is 0 Å². The number of rotatable bonds is 4. The second-order valence-corrected chi connectivity index (χ2v) is 8.82. The van der Waals surface area contributed by atoms with Crippen molar-refractivity contribution in [2.24, 2.45) is 0 Å². The zero-order chi connectivity index (χ0) is 16.2. The van der Waals surface area contributed by atoms with Gasteiger partial charge in [0, 0.05) is 23.7 Å². The van der Waals surface area contributed by atoms with Crippen LogP contribution in [0.5, 0.6) is 0 Å². The first-order valence-electron chi connectivity index (χ1n) is 7.37. The van der Waals surface area contributed by atoms with Crippen LogP contribution < -0.4 is 10.2 Å². The van der Waals surface area contributed by atoms with E-state index in [4.69, 9.17) is 0 Å². The Kier molecular flexibility index (Phi) is 5.45. The highest BCUT2D eigenvalue weighted by Crippen LogP contribution is 2.37. The van der Waals surface area contributed by atoms with Gasteiger partial charge in [0.05, 0.1) is 11.4 Å². The van der Waals surface area contributed by atoms with Crippen molar-refractivity contribution >= 4 is 51.6 Å². The molecule has 1 aromatic heterocycles. The number of carbonyl (C=O) groups excluding carboxylic acids is 1. The van der Waals surface area contributed by atoms with Crippen LogP contribution >= 0.6 is 34.9 Å². The molecule has 1 N–H and O–H groups in total. The van der Waals surface area contributed by atoms with Gasteiger partial charge >= 0.3 is 0 Å². The average molecular weight is 367 g/mol. The maximum Gasteiger partial charge on any atom is 0.237 e. The third kappa shape index (κ3) is 3.99. The Labute approximate surface area is 148 Å². The van der Waals surface area contributed by atoms with Crippen molar-refractivity contribution in [3.05, 3.63) is 24.3 Å². The molecule has 1 aliphatic rings. The van der Waals surface area contributed by atoms with Crippen LogP contribution in [0.1, 0.15) is 13.3 Å². The van der Waals surface area contributed by atoms with E-state index in [1.165, 1.54) is 28.0 Å². The zero-order valence-corrected chi connectivity index (χ0v) is 15.4. The first kappa shape index (κ1) is 16.6. The van der Waals surface area contributed by atoms with Gasteiger partial charge in [-0.05, 0) is 18.6 Å². The predicted octanol–water partition coefficient (Wildman–Crippen LogP) is 3.59. The SMILES string of the molecule is CNc1nnc(SCC(=O)N2CC[C@H](C)Sc3ccccc32)s1. The van der Waals surface area contributed by atoms with E-state index < -0.39 is 0 Å². The van der Waals surface area contributed by atoms with Gasteiger partial charge in [0.1, 0.15) is 0 Å². The largest absolute Gasteiger partial charge is 0.363 e. The molecule has 23 heavy (non-hydrogen) atoms.